The van der Waals surface area contributed by atoms with Gasteiger partial charge in [-0.1, -0.05) is 0 Å². The Morgan fingerprint density at radius 2 is 2.00 bits per heavy atom. The average Bonchev–Trinajstić information content (AvgIpc) is 1.99. The van der Waals surface area contributed by atoms with Crippen LogP contribution in [0.25, 0.3) is 0 Å². The Balaban J connectivity index is 3.45. The van der Waals surface area contributed by atoms with Crippen LogP contribution in [0.15, 0.2) is 11.1 Å². The summed E-state index contributed by atoms with van der Waals surface area (Å²) in [6.45, 7) is 1.24. The molecule has 1 aromatic heterocycles. The van der Waals surface area contributed by atoms with Gasteiger partial charge in [0.15, 0.2) is 5.03 Å². The molecule has 0 saturated carbocycles. The lowest BCUT2D eigenvalue weighted by Crippen LogP contribution is -2.16. The molecular weight excluding hydrogens is 228 g/mol. The van der Waals surface area contributed by atoms with Crippen molar-refractivity contribution in [1.29, 1.82) is 0 Å². The molecule has 0 spiro atoms. The monoisotopic (exact) mass is 237 g/mol. The second-order valence-electron chi connectivity index (χ2n) is 2.89. The SMILES string of the molecule is Cc1nc(S(N)(=O)=O)cc(N)c1C(F)F. The number of nitrogens with zero attached hydrogens (tertiary/aromatic N) is 1. The Bertz CT molecular complexity index is 464. The van der Waals surface area contributed by atoms with E-state index in [0.717, 1.165) is 6.07 Å². The lowest BCUT2D eigenvalue weighted by Gasteiger charge is -2.09. The van der Waals surface area contributed by atoms with E-state index in [0.29, 0.717) is 0 Å². The van der Waals surface area contributed by atoms with Gasteiger partial charge < -0.3 is 5.73 Å². The van der Waals surface area contributed by atoms with Crippen molar-refractivity contribution in [1.82, 2.24) is 4.98 Å². The minimum atomic E-state index is -4.03. The number of aryl methyl sites for hydroxylation is 1. The highest BCUT2D eigenvalue weighted by molar-refractivity contribution is 7.89. The van der Waals surface area contributed by atoms with Crippen molar-refractivity contribution in [3.05, 3.63) is 17.3 Å². The molecule has 5 nitrogen and oxygen atoms in total. The number of halogens is 2. The number of alkyl halides is 2. The average molecular weight is 237 g/mol. The van der Waals surface area contributed by atoms with Gasteiger partial charge in [-0.25, -0.2) is 27.3 Å². The van der Waals surface area contributed by atoms with Crippen molar-refractivity contribution >= 4 is 15.7 Å². The van der Waals surface area contributed by atoms with Gasteiger partial charge in [0.25, 0.3) is 16.4 Å². The van der Waals surface area contributed by atoms with Crippen LogP contribution >= 0.6 is 0 Å². The predicted molar refractivity (Wildman–Crippen MR) is 49.7 cm³/mol. The van der Waals surface area contributed by atoms with E-state index in [1.165, 1.54) is 6.92 Å². The van der Waals surface area contributed by atoms with Crippen LogP contribution < -0.4 is 10.9 Å². The normalized spacial score (nSPS) is 12.1. The summed E-state index contributed by atoms with van der Waals surface area (Å²) in [7, 11) is -4.03. The molecule has 0 saturated heterocycles. The minimum Gasteiger partial charge on any atom is -0.398 e. The van der Waals surface area contributed by atoms with Gasteiger partial charge in [-0.05, 0) is 6.92 Å². The Hall–Kier alpha value is -1.28. The van der Waals surface area contributed by atoms with E-state index in [1.54, 1.807) is 0 Å². The van der Waals surface area contributed by atoms with Gasteiger partial charge in [0.05, 0.1) is 5.56 Å². The molecule has 84 valence electrons. The van der Waals surface area contributed by atoms with Crippen molar-refractivity contribution in [2.24, 2.45) is 5.14 Å². The molecule has 1 rings (SSSR count). The lowest BCUT2D eigenvalue weighted by molar-refractivity contribution is 0.151. The number of hydrogen-bond donors (Lipinski definition) is 2. The van der Waals surface area contributed by atoms with Crippen LogP contribution in [0.2, 0.25) is 0 Å². The van der Waals surface area contributed by atoms with E-state index in [4.69, 9.17) is 10.9 Å². The fraction of sp³-hybridized carbons (Fsp3) is 0.286. The summed E-state index contributed by atoms with van der Waals surface area (Å²) in [6.07, 6.45) is -2.80. The van der Waals surface area contributed by atoms with Crippen molar-refractivity contribution < 1.29 is 17.2 Å². The van der Waals surface area contributed by atoms with Crippen molar-refractivity contribution in [3.63, 3.8) is 0 Å². The molecule has 8 heteroatoms. The number of primary sulfonamides is 1. The molecular formula is C7H9F2N3O2S. The molecule has 0 amide bonds. The standard InChI is InChI=1S/C7H9F2N3O2S/c1-3-6(7(8)9)4(10)2-5(12-3)15(11,13)14/h2,7H,1H3,(H2,10,12)(H2,11,13,14). The lowest BCUT2D eigenvalue weighted by atomic mass is 10.2. The zero-order chi connectivity index (χ0) is 11.8. The van der Waals surface area contributed by atoms with Gasteiger partial charge in [0.2, 0.25) is 0 Å². The van der Waals surface area contributed by atoms with E-state index < -0.39 is 27.0 Å². The molecule has 0 unspecified atom stereocenters. The summed E-state index contributed by atoms with van der Waals surface area (Å²) in [5.41, 5.74) is 4.33. The summed E-state index contributed by atoms with van der Waals surface area (Å²) in [5, 5.41) is 4.28. The van der Waals surface area contributed by atoms with Crippen molar-refractivity contribution in [2.45, 2.75) is 18.4 Å². The van der Waals surface area contributed by atoms with Crippen LogP contribution in [0.5, 0.6) is 0 Å². The zero-order valence-corrected chi connectivity index (χ0v) is 8.55. The number of rotatable bonds is 2. The number of aromatic nitrogens is 1. The second-order valence-corrected chi connectivity index (χ2v) is 4.40. The Labute approximate surface area is 85.2 Å². The minimum absolute atomic E-state index is 0.144. The van der Waals surface area contributed by atoms with Gasteiger partial charge >= 0.3 is 0 Å². The topological polar surface area (TPSA) is 99.1 Å². The predicted octanol–water partition coefficient (Wildman–Crippen LogP) is 0.557. The quantitative estimate of drug-likeness (QED) is 0.784. The zero-order valence-electron chi connectivity index (χ0n) is 7.74. The van der Waals surface area contributed by atoms with Crippen molar-refractivity contribution in [3.8, 4) is 0 Å². The third-order valence-corrected chi connectivity index (χ3v) is 2.56. The summed E-state index contributed by atoms with van der Waals surface area (Å²) in [5.74, 6) is 0. The molecule has 1 aromatic rings. The first-order valence-corrected chi connectivity index (χ1v) is 5.36. The Kier molecular flexibility index (Phi) is 2.91. The maximum atomic E-state index is 12.4. The van der Waals surface area contributed by atoms with E-state index in [2.05, 4.69) is 4.98 Å². The summed E-state index contributed by atoms with van der Waals surface area (Å²) < 4.78 is 46.6. The van der Waals surface area contributed by atoms with Crippen LogP contribution in [-0.4, -0.2) is 13.4 Å². The van der Waals surface area contributed by atoms with E-state index in [-0.39, 0.29) is 11.4 Å². The first kappa shape index (κ1) is 11.8. The van der Waals surface area contributed by atoms with Crippen LogP contribution in [0.3, 0.4) is 0 Å². The molecule has 0 fully saturated rings. The van der Waals surface area contributed by atoms with Gasteiger partial charge in [-0.15, -0.1) is 0 Å². The summed E-state index contributed by atoms with van der Waals surface area (Å²) in [4.78, 5) is 3.45. The van der Waals surface area contributed by atoms with E-state index in [1.807, 2.05) is 0 Å². The number of anilines is 1. The molecule has 4 N–H and O–H groups in total. The number of hydrogen-bond acceptors (Lipinski definition) is 4. The van der Waals surface area contributed by atoms with Crippen LogP contribution in [0.1, 0.15) is 17.7 Å². The smallest absolute Gasteiger partial charge is 0.267 e. The fourth-order valence-electron chi connectivity index (χ4n) is 1.11. The molecule has 0 aromatic carbocycles. The molecule has 0 aliphatic rings. The summed E-state index contributed by atoms with van der Waals surface area (Å²) in [6, 6.07) is 0.823. The first-order valence-electron chi connectivity index (χ1n) is 3.81. The van der Waals surface area contributed by atoms with Gasteiger partial charge in [0, 0.05) is 17.4 Å². The van der Waals surface area contributed by atoms with Gasteiger partial charge in [-0.3, -0.25) is 0 Å². The highest BCUT2D eigenvalue weighted by atomic mass is 32.2. The number of pyridine rings is 1. The van der Waals surface area contributed by atoms with Crippen LogP contribution in [0.4, 0.5) is 14.5 Å². The molecule has 0 bridgehead atoms. The number of sulfonamides is 1. The Morgan fingerprint density at radius 1 is 1.47 bits per heavy atom. The molecule has 0 atom stereocenters. The van der Waals surface area contributed by atoms with E-state index >= 15 is 0 Å². The first-order chi connectivity index (χ1) is 6.73. The highest BCUT2D eigenvalue weighted by Crippen LogP contribution is 2.28. The van der Waals surface area contributed by atoms with E-state index in [9.17, 15) is 17.2 Å². The second kappa shape index (κ2) is 3.70. The largest absolute Gasteiger partial charge is 0.398 e. The maximum absolute atomic E-state index is 12.4. The van der Waals surface area contributed by atoms with Crippen molar-refractivity contribution in [2.75, 3.05) is 5.73 Å². The van der Waals surface area contributed by atoms with Crippen LogP contribution in [0, 0.1) is 6.92 Å². The third kappa shape index (κ3) is 2.39. The third-order valence-electron chi connectivity index (χ3n) is 1.77. The van der Waals surface area contributed by atoms with Gasteiger partial charge in [0.1, 0.15) is 0 Å². The highest BCUT2D eigenvalue weighted by Gasteiger charge is 2.20. The van der Waals surface area contributed by atoms with Gasteiger partial charge in [-0.2, -0.15) is 0 Å². The molecule has 1 heterocycles. The molecule has 0 radical (unpaired) electrons. The van der Waals surface area contributed by atoms with Crippen LogP contribution in [-0.2, 0) is 10.0 Å². The molecule has 15 heavy (non-hydrogen) atoms. The fourth-order valence-corrected chi connectivity index (χ4v) is 1.66. The Morgan fingerprint density at radius 3 is 2.33 bits per heavy atom. The molecule has 0 aliphatic heterocycles. The molecule has 0 aliphatic carbocycles. The number of nitrogens with two attached hydrogens (primary N) is 2. The number of nitrogen functional groups attached to an aromatic ring is 1. The maximum Gasteiger partial charge on any atom is 0.267 e. The summed E-state index contributed by atoms with van der Waals surface area (Å²) >= 11 is 0.